The highest BCUT2D eigenvalue weighted by Gasteiger charge is 2.39. The van der Waals surface area contributed by atoms with Crippen LogP contribution in [0.5, 0.6) is 0 Å². The zero-order valence-electron chi connectivity index (χ0n) is 24.5. The number of nitrogens with one attached hydrogen (secondary N) is 1. The van der Waals surface area contributed by atoms with E-state index in [4.69, 9.17) is 19.3 Å². The van der Waals surface area contributed by atoms with Gasteiger partial charge in [0, 0.05) is 44.1 Å². The van der Waals surface area contributed by atoms with Crippen LogP contribution in [-0.4, -0.2) is 65.9 Å². The predicted octanol–water partition coefficient (Wildman–Crippen LogP) is 4.45. The van der Waals surface area contributed by atoms with Gasteiger partial charge in [0.25, 0.3) is 0 Å². The summed E-state index contributed by atoms with van der Waals surface area (Å²) in [4.78, 5) is 25.3. The Kier molecular flexibility index (Phi) is 10.6. The smallest absolute Gasteiger partial charge is 0.303 e. The Labute approximate surface area is 252 Å². The molecule has 4 unspecified atom stereocenters. The van der Waals surface area contributed by atoms with Crippen LogP contribution in [0.4, 0.5) is 0 Å². The number of carboxylic acids is 1. The molecule has 43 heavy (non-hydrogen) atoms. The molecule has 3 aromatic carbocycles. The van der Waals surface area contributed by atoms with E-state index in [-0.39, 0.29) is 43.5 Å². The summed E-state index contributed by atoms with van der Waals surface area (Å²) in [6.45, 7) is 6.47. The van der Waals surface area contributed by atoms with E-state index < -0.39 is 12.3 Å². The highest BCUT2D eigenvalue weighted by molar-refractivity contribution is 5.80. The Bertz CT molecular complexity index is 1360. The van der Waals surface area contributed by atoms with Gasteiger partial charge < -0.3 is 29.7 Å². The predicted molar refractivity (Wildman–Crippen MR) is 161 cm³/mol. The fourth-order valence-corrected chi connectivity index (χ4v) is 5.64. The number of carboxylic acid groups (broad SMARTS) is 1. The van der Waals surface area contributed by atoms with Crippen molar-refractivity contribution in [1.82, 2.24) is 10.2 Å². The Morgan fingerprint density at radius 3 is 2.30 bits per heavy atom. The van der Waals surface area contributed by atoms with Gasteiger partial charge in [0.05, 0.1) is 38.4 Å². The number of carbonyl (C=O) groups is 2. The van der Waals surface area contributed by atoms with Gasteiger partial charge in [0.2, 0.25) is 5.91 Å². The molecule has 0 aliphatic carbocycles. The van der Waals surface area contributed by atoms with E-state index in [9.17, 15) is 14.7 Å². The zero-order valence-corrected chi connectivity index (χ0v) is 24.5. The summed E-state index contributed by atoms with van der Waals surface area (Å²) in [5.41, 5.74) is 5.75. The number of nitrogens with zero attached hydrogens (tertiary/aromatic N) is 1. The Morgan fingerprint density at radius 1 is 0.907 bits per heavy atom. The molecule has 2 fully saturated rings. The van der Waals surface area contributed by atoms with Crippen LogP contribution in [0.25, 0.3) is 11.1 Å². The first-order chi connectivity index (χ1) is 20.9. The first kappa shape index (κ1) is 30.8. The first-order valence-electron chi connectivity index (χ1n) is 14.9. The molecule has 0 aromatic heterocycles. The number of hydrogen-bond acceptors (Lipinski definition) is 7. The summed E-state index contributed by atoms with van der Waals surface area (Å²) in [5.74, 6) is -1.18. The van der Waals surface area contributed by atoms with E-state index in [0.29, 0.717) is 6.54 Å². The molecular formula is C34H40N2O7. The molecule has 3 N–H and O–H groups in total. The lowest BCUT2D eigenvalue weighted by molar-refractivity contribution is -0.277. The normalized spacial score (nSPS) is 22.7. The molecule has 1 amide bonds. The molecule has 4 atom stereocenters. The van der Waals surface area contributed by atoms with Crippen molar-refractivity contribution in [3.05, 3.63) is 95.1 Å². The molecule has 9 heteroatoms. The summed E-state index contributed by atoms with van der Waals surface area (Å²) in [5, 5.41) is 21.2. The molecule has 228 valence electrons. The molecule has 0 spiro atoms. The standard InChI is InChI=1S/C34H40N2O7/c1-23-30(21-36-16-18-41-19-17-36)42-34(43-33(23)26-8-6-24(22-37)7-9-26)27-12-10-25(11-13-27)29-5-3-2-4-28(29)20-35-31(38)14-15-32(39)40/h2-13,23,30,33-34,37H,14-22H2,1H3,(H,35,38)(H,39,40). The van der Waals surface area contributed by atoms with Gasteiger partial charge in [0.1, 0.15) is 0 Å². The van der Waals surface area contributed by atoms with Crippen molar-refractivity contribution in [3.8, 4) is 11.1 Å². The number of hydrogen-bond donors (Lipinski definition) is 3. The van der Waals surface area contributed by atoms with Crippen molar-refractivity contribution in [2.24, 2.45) is 5.92 Å². The molecular weight excluding hydrogens is 548 g/mol. The van der Waals surface area contributed by atoms with Gasteiger partial charge in [-0.15, -0.1) is 0 Å². The van der Waals surface area contributed by atoms with E-state index in [1.54, 1.807) is 0 Å². The Hall–Kier alpha value is -3.60. The van der Waals surface area contributed by atoms with Crippen molar-refractivity contribution in [3.63, 3.8) is 0 Å². The topological polar surface area (TPSA) is 118 Å². The van der Waals surface area contributed by atoms with Gasteiger partial charge in [-0.3, -0.25) is 14.5 Å². The number of amides is 1. The molecule has 2 aliphatic rings. The molecule has 0 saturated carbocycles. The minimum atomic E-state index is -0.991. The van der Waals surface area contributed by atoms with E-state index >= 15 is 0 Å². The fraction of sp³-hybridized carbons (Fsp3) is 0.412. The summed E-state index contributed by atoms with van der Waals surface area (Å²) in [7, 11) is 0. The van der Waals surface area contributed by atoms with Gasteiger partial charge >= 0.3 is 5.97 Å². The van der Waals surface area contributed by atoms with Crippen molar-refractivity contribution in [2.45, 2.75) is 51.4 Å². The monoisotopic (exact) mass is 588 g/mol. The van der Waals surface area contributed by atoms with Crippen molar-refractivity contribution >= 4 is 11.9 Å². The Morgan fingerprint density at radius 2 is 1.60 bits per heavy atom. The highest BCUT2D eigenvalue weighted by atomic mass is 16.7. The highest BCUT2D eigenvalue weighted by Crippen LogP contribution is 2.42. The molecule has 0 bridgehead atoms. The van der Waals surface area contributed by atoms with E-state index in [1.807, 2.05) is 72.8 Å². The van der Waals surface area contributed by atoms with Gasteiger partial charge in [-0.2, -0.15) is 0 Å². The lowest BCUT2D eigenvalue weighted by Gasteiger charge is -2.43. The van der Waals surface area contributed by atoms with Crippen LogP contribution in [0.3, 0.4) is 0 Å². The maximum atomic E-state index is 12.1. The van der Waals surface area contributed by atoms with Gasteiger partial charge in [-0.1, -0.05) is 79.7 Å². The zero-order chi connectivity index (χ0) is 30.2. The van der Waals surface area contributed by atoms with Gasteiger partial charge in [0.15, 0.2) is 6.29 Å². The summed E-state index contributed by atoms with van der Waals surface area (Å²) in [6, 6.07) is 23.9. The van der Waals surface area contributed by atoms with Crippen LogP contribution in [-0.2, 0) is 37.0 Å². The average Bonchev–Trinajstić information content (AvgIpc) is 3.04. The quantitative estimate of drug-likeness (QED) is 0.301. The van der Waals surface area contributed by atoms with Crippen molar-refractivity contribution < 1.29 is 34.0 Å². The number of aliphatic carboxylic acids is 1. The second-order valence-electron chi connectivity index (χ2n) is 11.2. The van der Waals surface area contributed by atoms with Gasteiger partial charge in [-0.25, -0.2) is 0 Å². The largest absolute Gasteiger partial charge is 0.481 e. The SMILES string of the molecule is CC1C(CN2CCOCC2)OC(c2ccc(-c3ccccc3CNC(=O)CCC(=O)O)cc2)OC1c1ccc(CO)cc1. The summed E-state index contributed by atoms with van der Waals surface area (Å²) < 4.78 is 18.8. The molecule has 0 radical (unpaired) electrons. The molecule has 5 rings (SSSR count). The third-order valence-electron chi connectivity index (χ3n) is 8.22. The maximum absolute atomic E-state index is 12.1. The number of rotatable bonds is 11. The number of aliphatic hydroxyl groups excluding tert-OH is 1. The minimum Gasteiger partial charge on any atom is -0.481 e. The number of morpholine rings is 1. The number of ether oxygens (including phenoxy) is 3. The lowest BCUT2D eigenvalue weighted by atomic mass is 9.90. The van der Waals surface area contributed by atoms with E-state index in [2.05, 4.69) is 17.1 Å². The van der Waals surface area contributed by atoms with E-state index in [0.717, 1.165) is 66.2 Å². The fourth-order valence-electron chi connectivity index (χ4n) is 5.64. The molecule has 2 saturated heterocycles. The first-order valence-corrected chi connectivity index (χ1v) is 14.9. The van der Waals surface area contributed by atoms with Crippen molar-refractivity contribution in [2.75, 3.05) is 32.8 Å². The minimum absolute atomic E-state index is 0.000675. The third-order valence-corrected chi connectivity index (χ3v) is 8.22. The third kappa shape index (κ3) is 8.07. The summed E-state index contributed by atoms with van der Waals surface area (Å²) in [6.07, 6.45) is -1.03. The van der Waals surface area contributed by atoms with Crippen LogP contribution in [0.2, 0.25) is 0 Å². The lowest BCUT2D eigenvalue weighted by Crippen LogP contribution is -2.47. The average molecular weight is 589 g/mol. The molecule has 2 heterocycles. The van der Waals surface area contributed by atoms with Crippen LogP contribution in [0.15, 0.2) is 72.8 Å². The van der Waals surface area contributed by atoms with Crippen LogP contribution in [0, 0.1) is 5.92 Å². The molecule has 9 nitrogen and oxygen atoms in total. The van der Waals surface area contributed by atoms with Crippen LogP contribution < -0.4 is 5.32 Å². The maximum Gasteiger partial charge on any atom is 0.303 e. The summed E-state index contributed by atoms with van der Waals surface area (Å²) >= 11 is 0. The van der Waals surface area contributed by atoms with Crippen LogP contribution in [0.1, 0.15) is 54.4 Å². The molecule has 2 aliphatic heterocycles. The number of carbonyl (C=O) groups excluding carboxylic acids is 1. The molecule has 3 aromatic rings. The second kappa shape index (κ2) is 14.7. The van der Waals surface area contributed by atoms with Crippen LogP contribution >= 0.6 is 0 Å². The second-order valence-corrected chi connectivity index (χ2v) is 11.2. The van der Waals surface area contributed by atoms with Gasteiger partial charge in [-0.05, 0) is 27.8 Å². The Balaban J connectivity index is 1.33. The number of aliphatic hydroxyl groups is 1. The van der Waals surface area contributed by atoms with E-state index in [1.165, 1.54) is 0 Å². The number of benzene rings is 3. The van der Waals surface area contributed by atoms with Crippen molar-refractivity contribution in [1.29, 1.82) is 0 Å².